The van der Waals surface area contributed by atoms with Gasteiger partial charge < -0.3 is 5.32 Å². The molecule has 0 bridgehead atoms. The van der Waals surface area contributed by atoms with Gasteiger partial charge in [0.2, 0.25) is 0 Å². The van der Waals surface area contributed by atoms with Crippen molar-refractivity contribution in [3.8, 4) is 11.3 Å². The maximum atomic E-state index is 4.70. The van der Waals surface area contributed by atoms with E-state index < -0.39 is 0 Å². The van der Waals surface area contributed by atoms with Crippen molar-refractivity contribution >= 4 is 5.82 Å². The van der Waals surface area contributed by atoms with Gasteiger partial charge in [-0.15, -0.1) is 0 Å². The van der Waals surface area contributed by atoms with Crippen molar-refractivity contribution in [2.24, 2.45) is 0 Å². The Labute approximate surface area is 115 Å². The maximum Gasteiger partial charge on any atom is 0.136 e. The molecule has 1 heterocycles. The fourth-order valence-electron chi connectivity index (χ4n) is 1.78. The number of nitrogens with zero attached hydrogens (tertiary/aromatic N) is 2. The highest BCUT2D eigenvalue weighted by Crippen LogP contribution is 2.25. The van der Waals surface area contributed by atoms with Crippen LogP contribution in [-0.2, 0) is 5.41 Å². The zero-order valence-electron chi connectivity index (χ0n) is 12.3. The molecular formula is C16H21N3. The van der Waals surface area contributed by atoms with E-state index in [4.69, 9.17) is 4.98 Å². The number of aromatic nitrogens is 2. The van der Waals surface area contributed by atoms with Gasteiger partial charge in [0.1, 0.15) is 11.6 Å². The van der Waals surface area contributed by atoms with Crippen LogP contribution >= 0.6 is 0 Å². The first-order valence-corrected chi connectivity index (χ1v) is 6.54. The summed E-state index contributed by atoms with van der Waals surface area (Å²) in [5, 5.41) is 3.11. The lowest BCUT2D eigenvalue weighted by atomic mass is 9.95. The van der Waals surface area contributed by atoms with Crippen LogP contribution < -0.4 is 5.32 Å². The van der Waals surface area contributed by atoms with Crippen LogP contribution in [-0.4, -0.2) is 17.0 Å². The summed E-state index contributed by atoms with van der Waals surface area (Å²) in [6.45, 7) is 8.46. The van der Waals surface area contributed by atoms with Gasteiger partial charge in [-0.05, 0) is 6.92 Å². The first-order valence-electron chi connectivity index (χ1n) is 6.54. The van der Waals surface area contributed by atoms with Gasteiger partial charge in [0.15, 0.2) is 0 Å². The van der Waals surface area contributed by atoms with E-state index in [9.17, 15) is 0 Å². The lowest BCUT2D eigenvalue weighted by molar-refractivity contribution is 0.547. The highest BCUT2D eigenvalue weighted by molar-refractivity contribution is 5.63. The van der Waals surface area contributed by atoms with Crippen LogP contribution in [0.15, 0.2) is 30.3 Å². The first kappa shape index (κ1) is 13.5. The SMILES string of the molecule is CNc1cc(-c2ccc(C)cc2)nc(C(C)(C)C)n1. The predicted molar refractivity (Wildman–Crippen MR) is 80.5 cm³/mol. The smallest absolute Gasteiger partial charge is 0.136 e. The second-order valence-electron chi connectivity index (χ2n) is 5.83. The molecule has 0 fully saturated rings. The summed E-state index contributed by atoms with van der Waals surface area (Å²) >= 11 is 0. The Hall–Kier alpha value is -1.90. The number of hydrogen-bond donors (Lipinski definition) is 1. The Bertz CT molecular complexity index is 566. The minimum absolute atomic E-state index is 0.0632. The molecule has 0 aliphatic heterocycles. The molecule has 3 nitrogen and oxygen atoms in total. The molecule has 100 valence electrons. The van der Waals surface area contributed by atoms with Gasteiger partial charge in [-0.25, -0.2) is 9.97 Å². The number of benzene rings is 1. The van der Waals surface area contributed by atoms with Crippen molar-refractivity contribution in [3.05, 3.63) is 41.7 Å². The Morgan fingerprint density at radius 3 is 2.16 bits per heavy atom. The van der Waals surface area contributed by atoms with E-state index >= 15 is 0 Å². The molecule has 0 saturated heterocycles. The summed E-state index contributed by atoms with van der Waals surface area (Å²) in [4.78, 5) is 9.25. The maximum absolute atomic E-state index is 4.70. The molecule has 0 aliphatic carbocycles. The zero-order chi connectivity index (χ0) is 14.0. The van der Waals surface area contributed by atoms with Crippen molar-refractivity contribution < 1.29 is 0 Å². The number of aryl methyl sites for hydroxylation is 1. The highest BCUT2D eigenvalue weighted by Gasteiger charge is 2.19. The van der Waals surface area contributed by atoms with E-state index in [0.717, 1.165) is 22.9 Å². The summed E-state index contributed by atoms with van der Waals surface area (Å²) in [6.07, 6.45) is 0. The molecule has 0 saturated carbocycles. The van der Waals surface area contributed by atoms with Gasteiger partial charge >= 0.3 is 0 Å². The third-order valence-corrected chi connectivity index (χ3v) is 3.00. The largest absolute Gasteiger partial charge is 0.373 e. The lowest BCUT2D eigenvalue weighted by Gasteiger charge is -2.18. The third-order valence-electron chi connectivity index (χ3n) is 3.00. The van der Waals surface area contributed by atoms with Crippen molar-refractivity contribution in [3.63, 3.8) is 0 Å². The van der Waals surface area contributed by atoms with Crippen molar-refractivity contribution in [2.45, 2.75) is 33.1 Å². The van der Waals surface area contributed by atoms with Crippen LogP contribution in [0.2, 0.25) is 0 Å². The van der Waals surface area contributed by atoms with E-state index in [2.05, 4.69) is 62.3 Å². The van der Waals surface area contributed by atoms with Crippen LogP contribution in [0.3, 0.4) is 0 Å². The van der Waals surface area contributed by atoms with Gasteiger partial charge in [0.25, 0.3) is 0 Å². The minimum Gasteiger partial charge on any atom is -0.373 e. The van der Waals surface area contributed by atoms with E-state index in [-0.39, 0.29) is 5.41 Å². The molecule has 2 rings (SSSR count). The van der Waals surface area contributed by atoms with Crippen LogP contribution in [0.4, 0.5) is 5.82 Å². The van der Waals surface area contributed by atoms with Crippen molar-refractivity contribution in [1.29, 1.82) is 0 Å². The van der Waals surface area contributed by atoms with Gasteiger partial charge in [-0.3, -0.25) is 0 Å². The third kappa shape index (κ3) is 3.11. The molecule has 3 heteroatoms. The molecule has 1 aromatic heterocycles. The highest BCUT2D eigenvalue weighted by atomic mass is 15.0. The quantitative estimate of drug-likeness (QED) is 0.887. The van der Waals surface area contributed by atoms with Crippen LogP contribution in [0.1, 0.15) is 32.2 Å². The molecule has 0 radical (unpaired) electrons. The minimum atomic E-state index is -0.0632. The van der Waals surface area contributed by atoms with Gasteiger partial charge in [0.05, 0.1) is 5.69 Å². The number of hydrogen-bond acceptors (Lipinski definition) is 3. The molecule has 0 atom stereocenters. The van der Waals surface area contributed by atoms with E-state index in [1.165, 1.54) is 5.56 Å². The summed E-state index contributed by atoms with van der Waals surface area (Å²) in [7, 11) is 1.88. The second kappa shape index (κ2) is 5.00. The molecule has 0 unspecified atom stereocenters. The molecule has 2 aromatic rings. The Morgan fingerprint density at radius 2 is 1.63 bits per heavy atom. The Morgan fingerprint density at radius 1 is 1.00 bits per heavy atom. The molecule has 0 amide bonds. The van der Waals surface area contributed by atoms with Crippen molar-refractivity contribution in [1.82, 2.24) is 9.97 Å². The molecule has 1 N–H and O–H groups in total. The monoisotopic (exact) mass is 255 g/mol. The fraction of sp³-hybridized carbons (Fsp3) is 0.375. The summed E-state index contributed by atoms with van der Waals surface area (Å²) in [5.41, 5.74) is 3.27. The Kier molecular flexibility index (Phi) is 3.56. The van der Waals surface area contributed by atoms with Gasteiger partial charge in [0, 0.05) is 24.1 Å². The molecule has 0 spiro atoms. The fourth-order valence-corrected chi connectivity index (χ4v) is 1.78. The Balaban J connectivity index is 2.54. The summed E-state index contributed by atoms with van der Waals surface area (Å²) < 4.78 is 0. The number of anilines is 1. The zero-order valence-corrected chi connectivity index (χ0v) is 12.3. The number of nitrogens with one attached hydrogen (secondary N) is 1. The standard InChI is InChI=1S/C16H21N3/c1-11-6-8-12(9-7-11)13-10-14(17-5)19-15(18-13)16(2,3)4/h6-10H,1-5H3,(H,17,18,19). The summed E-state index contributed by atoms with van der Waals surface area (Å²) in [5.74, 6) is 1.71. The normalized spacial score (nSPS) is 11.4. The van der Waals surface area contributed by atoms with Gasteiger partial charge in [-0.1, -0.05) is 50.6 Å². The molecule has 1 aromatic carbocycles. The van der Waals surface area contributed by atoms with E-state index in [0.29, 0.717) is 0 Å². The van der Waals surface area contributed by atoms with Crippen LogP contribution in [0.25, 0.3) is 11.3 Å². The van der Waals surface area contributed by atoms with E-state index in [1.54, 1.807) is 0 Å². The average molecular weight is 255 g/mol. The molecule has 0 aliphatic rings. The summed E-state index contributed by atoms with van der Waals surface area (Å²) in [6, 6.07) is 10.4. The van der Waals surface area contributed by atoms with Crippen LogP contribution in [0.5, 0.6) is 0 Å². The van der Waals surface area contributed by atoms with Crippen molar-refractivity contribution in [2.75, 3.05) is 12.4 Å². The first-order chi connectivity index (χ1) is 8.90. The predicted octanol–water partition coefficient (Wildman–Crippen LogP) is 3.79. The lowest BCUT2D eigenvalue weighted by Crippen LogP contribution is -2.17. The topological polar surface area (TPSA) is 37.8 Å². The average Bonchev–Trinajstić information content (AvgIpc) is 2.38. The second-order valence-corrected chi connectivity index (χ2v) is 5.83. The number of rotatable bonds is 2. The van der Waals surface area contributed by atoms with E-state index in [1.807, 2.05) is 13.1 Å². The molecular weight excluding hydrogens is 234 g/mol. The molecule has 19 heavy (non-hydrogen) atoms. The van der Waals surface area contributed by atoms with Crippen LogP contribution in [0, 0.1) is 6.92 Å². The van der Waals surface area contributed by atoms with Gasteiger partial charge in [-0.2, -0.15) is 0 Å².